The molecule has 1 aliphatic rings. The fourth-order valence-corrected chi connectivity index (χ4v) is 3.20. The molecule has 1 heterocycles. The maximum atomic E-state index is 12.5. The summed E-state index contributed by atoms with van der Waals surface area (Å²) in [5.74, 6) is 0.812. The number of ether oxygens (including phenoxy) is 2. The monoisotopic (exact) mass is 470 g/mol. The Labute approximate surface area is 200 Å². The Balaban J connectivity index is 0.000000509. The summed E-state index contributed by atoms with van der Waals surface area (Å²) in [5.41, 5.74) is 11.3. The third-order valence-electron chi connectivity index (χ3n) is 5.17. The second-order valence-corrected chi connectivity index (χ2v) is 8.00. The van der Waals surface area contributed by atoms with E-state index < -0.39 is 5.91 Å². The molecule has 0 aliphatic carbocycles. The van der Waals surface area contributed by atoms with Crippen LogP contribution < -0.4 is 31.3 Å². The summed E-state index contributed by atoms with van der Waals surface area (Å²) in [6.07, 6.45) is 1.83. The van der Waals surface area contributed by atoms with E-state index in [9.17, 15) is 9.59 Å². The van der Waals surface area contributed by atoms with E-state index in [-0.39, 0.29) is 11.9 Å². The molecule has 2 bridgehead atoms. The first-order valence-corrected chi connectivity index (χ1v) is 11.0. The molecule has 0 spiro atoms. The van der Waals surface area contributed by atoms with E-state index in [0.29, 0.717) is 30.2 Å². The van der Waals surface area contributed by atoms with Gasteiger partial charge in [0.15, 0.2) is 0 Å². The van der Waals surface area contributed by atoms with Crippen LogP contribution in [0.5, 0.6) is 11.5 Å². The van der Waals surface area contributed by atoms with Gasteiger partial charge in [-0.05, 0) is 74.2 Å². The third kappa shape index (κ3) is 8.18. The number of amides is 2. The highest BCUT2D eigenvalue weighted by molar-refractivity contribution is 5.96. The maximum absolute atomic E-state index is 12.5. The summed E-state index contributed by atoms with van der Waals surface area (Å²) in [4.78, 5) is 22.6. The lowest BCUT2D eigenvalue weighted by Gasteiger charge is -2.19. The number of anilines is 1. The first kappa shape index (κ1) is 26.8. The Hall–Kier alpha value is -3.40. The van der Waals surface area contributed by atoms with Gasteiger partial charge in [0.1, 0.15) is 18.1 Å². The van der Waals surface area contributed by atoms with Crippen molar-refractivity contribution in [3.05, 3.63) is 65.2 Å². The highest BCUT2D eigenvalue weighted by Crippen LogP contribution is 2.28. The van der Waals surface area contributed by atoms with Gasteiger partial charge in [0.05, 0.1) is 18.8 Å². The lowest BCUT2D eigenvalue weighted by atomic mass is 10.1. The van der Waals surface area contributed by atoms with Gasteiger partial charge >= 0.3 is 0 Å². The van der Waals surface area contributed by atoms with Crippen molar-refractivity contribution in [1.29, 1.82) is 0 Å². The van der Waals surface area contributed by atoms with E-state index in [1.165, 1.54) is 18.0 Å². The van der Waals surface area contributed by atoms with E-state index in [2.05, 4.69) is 23.3 Å². The summed E-state index contributed by atoms with van der Waals surface area (Å²) >= 11 is 0. The van der Waals surface area contributed by atoms with E-state index in [4.69, 9.17) is 20.4 Å². The minimum Gasteiger partial charge on any atom is -0.497 e. The summed E-state index contributed by atoms with van der Waals surface area (Å²) in [5, 5.41) is 14.1. The summed E-state index contributed by atoms with van der Waals surface area (Å²) in [6, 6.07) is 11.5. The van der Waals surface area contributed by atoms with Crippen LogP contribution in [0.1, 0.15) is 37.0 Å². The van der Waals surface area contributed by atoms with Gasteiger partial charge in [0, 0.05) is 12.1 Å². The number of methoxy groups -OCH3 is 1. The molecule has 1 atom stereocenters. The van der Waals surface area contributed by atoms with Crippen LogP contribution in [0.3, 0.4) is 0 Å². The van der Waals surface area contributed by atoms with Crippen molar-refractivity contribution in [1.82, 2.24) is 10.8 Å². The largest absolute Gasteiger partial charge is 0.497 e. The molecule has 3 rings (SSSR count). The Morgan fingerprint density at radius 3 is 2.65 bits per heavy atom. The SMILES string of the molecule is C=C(C)C(=O)NO.COc1cc2cc(c1)COc1ccc(CN)cc1NC(=O)[C@H](C)NCCC2. The minimum atomic E-state index is -0.542. The molecule has 0 saturated heterocycles. The van der Waals surface area contributed by atoms with Crippen LogP contribution in [0.4, 0.5) is 5.69 Å². The van der Waals surface area contributed by atoms with Gasteiger partial charge in [-0.25, -0.2) is 5.48 Å². The van der Waals surface area contributed by atoms with Crippen LogP contribution in [-0.4, -0.2) is 36.7 Å². The van der Waals surface area contributed by atoms with Crippen molar-refractivity contribution >= 4 is 17.5 Å². The molecule has 2 aromatic rings. The predicted molar refractivity (Wildman–Crippen MR) is 131 cm³/mol. The predicted octanol–water partition coefficient (Wildman–Crippen LogP) is 2.66. The standard InChI is InChI=1S/C21H27N3O3.C4H7NO2/c1-14-21(25)24-19-11-16(12-22)5-6-20(19)27-13-17-8-15(4-3-7-23-14)9-18(10-17)26-2;1-3(2)4(6)5-7/h5-6,8-11,14,23H,3-4,7,12-13,22H2,1-2H3,(H,24,25);7H,1H2,2H3,(H,5,6)/t14-;/m0./s1. The van der Waals surface area contributed by atoms with Gasteiger partial charge in [-0.1, -0.05) is 18.7 Å². The third-order valence-corrected chi connectivity index (χ3v) is 5.17. The number of benzene rings is 2. The number of hydroxylamine groups is 1. The molecule has 9 heteroatoms. The molecule has 2 amide bonds. The Morgan fingerprint density at radius 1 is 1.29 bits per heavy atom. The van der Waals surface area contributed by atoms with Crippen LogP contribution in [0.15, 0.2) is 48.6 Å². The number of hydrogen-bond acceptors (Lipinski definition) is 7. The average molecular weight is 471 g/mol. The number of aryl methyl sites for hydroxylation is 1. The van der Waals surface area contributed by atoms with Gasteiger partial charge < -0.3 is 25.8 Å². The quantitative estimate of drug-likeness (QED) is 0.264. The summed E-state index contributed by atoms with van der Waals surface area (Å²) in [7, 11) is 1.67. The Bertz CT molecular complexity index is 1010. The second-order valence-electron chi connectivity index (χ2n) is 8.00. The molecule has 0 saturated carbocycles. The molecule has 0 unspecified atom stereocenters. The maximum Gasteiger partial charge on any atom is 0.269 e. The van der Waals surface area contributed by atoms with E-state index in [0.717, 1.165) is 36.3 Å². The van der Waals surface area contributed by atoms with E-state index in [1.807, 2.05) is 37.3 Å². The molecular weight excluding hydrogens is 436 g/mol. The fourth-order valence-electron chi connectivity index (χ4n) is 3.20. The number of nitrogens with one attached hydrogen (secondary N) is 3. The lowest BCUT2D eigenvalue weighted by Crippen LogP contribution is -2.38. The molecule has 0 radical (unpaired) electrons. The molecule has 1 aliphatic heterocycles. The number of carbonyl (C=O) groups is 2. The molecule has 34 heavy (non-hydrogen) atoms. The average Bonchev–Trinajstić information content (AvgIpc) is 2.84. The molecular formula is C25H34N4O5. The fraction of sp³-hybridized carbons (Fsp3) is 0.360. The van der Waals surface area contributed by atoms with Gasteiger partial charge in [-0.2, -0.15) is 0 Å². The zero-order chi connectivity index (χ0) is 25.1. The van der Waals surface area contributed by atoms with Crippen molar-refractivity contribution < 1.29 is 24.3 Å². The second kappa shape index (κ2) is 13.3. The van der Waals surface area contributed by atoms with Gasteiger partial charge in [0.25, 0.3) is 5.91 Å². The highest BCUT2D eigenvalue weighted by atomic mass is 16.5. The van der Waals surface area contributed by atoms with Gasteiger partial charge in [-0.15, -0.1) is 0 Å². The summed E-state index contributed by atoms with van der Waals surface area (Å²) < 4.78 is 11.5. The van der Waals surface area contributed by atoms with Crippen LogP contribution in [0, 0.1) is 0 Å². The van der Waals surface area contributed by atoms with Crippen LogP contribution in [-0.2, 0) is 29.2 Å². The summed E-state index contributed by atoms with van der Waals surface area (Å²) in [6.45, 7) is 8.17. The molecule has 0 aromatic heterocycles. The first-order chi connectivity index (χ1) is 16.3. The van der Waals surface area contributed by atoms with Crippen molar-refractivity contribution in [3.63, 3.8) is 0 Å². The van der Waals surface area contributed by atoms with Crippen molar-refractivity contribution in [2.45, 2.75) is 45.9 Å². The van der Waals surface area contributed by atoms with Crippen LogP contribution in [0.25, 0.3) is 0 Å². The van der Waals surface area contributed by atoms with Crippen LogP contribution in [0.2, 0.25) is 0 Å². The topological polar surface area (TPSA) is 135 Å². The van der Waals surface area contributed by atoms with Gasteiger partial charge in [-0.3, -0.25) is 14.8 Å². The lowest BCUT2D eigenvalue weighted by molar-refractivity contribution is -0.125. The van der Waals surface area contributed by atoms with Crippen LogP contribution >= 0.6 is 0 Å². The zero-order valence-corrected chi connectivity index (χ0v) is 19.9. The van der Waals surface area contributed by atoms with Crippen molar-refractivity contribution in [3.8, 4) is 11.5 Å². The molecule has 0 fully saturated rings. The van der Waals surface area contributed by atoms with Crippen molar-refractivity contribution in [2.75, 3.05) is 19.0 Å². The highest BCUT2D eigenvalue weighted by Gasteiger charge is 2.16. The smallest absolute Gasteiger partial charge is 0.269 e. The number of carbonyl (C=O) groups excluding carboxylic acids is 2. The number of nitrogens with two attached hydrogens (primary N) is 1. The minimum absolute atomic E-state index is 0.0914. The zero-order valence-electron chi connectivity index (χ0n) is 19.9. The molecule has 184 valence electrons. The molecule has 9 nitrogen and oxygen atoms in total. The number of hydrogen-bond donors (Lipinski definition) is 5. The van der Waals surface area contributed by atoms with E-state index in [1.54, 1.807) is 7.11 Å². The Kier molecular flexibility index (Phi) is 10.5. The number of fused-ring (bicyclic) bond motifs is 3. The normalized spacial score (nSPS) is 15.8. The molecule has 6 N–H and O–H groups in total. The van der Waals surface area contributed by atoms with Gasteiger partial charge in [0.2, 0.25) is 5.91 Å². The van der Waals surface area contributed by atoms with Crippen molar-refractivity contribution in [2.24, 2.45) is 5.73 Å². The first-order valence-electron chi connectivity index (χ1n) is 11.0. The Morgan fingerprint density at radius 2 is 2.03 bits per heavy atom. The number of rotatable bonds is 3. The van der Waals surface area contributed by atoms with E-state index >= 15 is 0 Å². The molecule has 2 aromatic carbocycles.